The van der Waals surface area contributed by atoms with Crippen molar-refractivity contribution in [1.29, 1.82) is 0 Å². The first-order valence-corrected chi connectivity index (χ1v) is 7.63. The molecule has 0 aliphatic rings. The average molecular weight is 292 g/mol. The predicted molar refractivity (Wildman–Crippen MR) is 80.0 cm³/mol. The van der Waals surface area contributed by atoms with Crippen molar-refractivity contribution in [3.05, 3.63) is 0 Å². The van der Waals surface area contributed by atoms with Gasteiger partial charge in [-0.3, -0.25) is 0 Å². The summed E-state index contributed by atoms with van der Waals surface area (Å²) in [6.07, 6.45) is 1.01. The van der Waals surface area contributed by atoms with Crippen LogP contribution in [0.3, 0.4) is 0 Å². The van der Waals surface area contributed by atoms with Crippen molar-refractivity contribution in [3.8, 4) is 0 Å². The quantitative estimate of drug-likeness (QED) is 0.311. The summed E-state index contributed by atoms with van der Waals surface area (Å²) in [5.74, 6) is 0. The van der Waals surface area contributed by atoms with E-state index < -0.39 is 12.2 Å². The fourth-order valence-corrected chi connectivity index (χ4v) is 1.56. The highest BCUT2D eigenvalue weighted by atomic mass is 16.5. The highest BCUT2D eigenvalue weighted by Gasteiger charge is 2.04. The highest BCUT2D eigenvalue weighted by molar-refractivity contribution is 4.62. The van der Waals surface area contributed by atoms with Crippen LogP contribution in [0.2, 0.25) is 0 Å². The van der Waals surface area contributed by atoms with E-state index in [2.05, 4.69) is 10.6 Å². The van der Waals surface area contributed by atoms with E-state index in [-0.39, 0.29) is 0 Å². The van der Waals surface area contributed by atoms with E-state index in [9.17, 15) is 10.2 Å². The number of aliphatic hydroxyl groups is 2. The second-order valence-corrected chi connectivity index (χ2v) is 4.87. The van der Waals surface area contributed by atoms with Gasteiger partial charge in [-0.1, -0.05) is 13.8 Å². The van der Waals surface area contributed by atoms with Crippen LogP contribution in [-0.2, 0) is 9.47 Å². The van der Waals surface area contributed by atoms with Crippen LogP contribution in [0.5, 0.6) is 0 Å². The first-order chi connectivity index (χ1) is 9.70. The molecule has 20 heavy (non-hydrogen) atoms. The van der Waals surface area contributed by atoms with Gasteiger partial charge in [-0.2, -0.15) is 0 Å². The maximum atomic E-state index is 9.58. The monoisotopic (exact) mass is 292 g/mol. The molecule has 0 saturated heterocycles. The Balaban J connectivity index is 3.22. The molecule has 0 aliphatic carbocycles. The van der Waals surface area contributed by atoms with Crippen molar-refractivity contribution in [2.45, 2.75) is 38.9 Å². The molecule has 0 heterocycles. The van der Waals surface area contributed by atoms with Gasteiger partial charge >= 0.3 is 0 Å². The van der Waals surface area contributed by atoms with Crippen LogP contribution in [0.25, 0.3) is 0 Å². The highest BCUT2D eigenvalue weighted by Crippen LogP contribution is 1.87. The molecule has 122 valence electrons. The molecule has 0 aliphatic heterocycles. The van der Waals surface area contributed by atoms with Gasteiger partial charge in [-0.15, -0.1) is 0 Å². The predicted octanol–water partition coefficient (Wildman–Crippen LogP) is -0.259. The lowest BCUT2D eigenvalue weighted by Gasteiger charge is -2.14. The van der Waals surface area contributed by atoms with Gasteiger partial charge in [0.25, 0.3) is 0 Å². The number of hydrogen-bond acceptors (Lipinski definition) is 6. The Hall–Kier alpha value is -0.240. The Morgan fingerprint density at radius 3 is 1.55 bits per heavy atom. The number of rotatable bonds is 15. The summed E-state index contributed by atoms with van der Waals surface area (Å²) in [6, 6.07) is 0. The van der Waals surface area contributed by atoms with Crippen molar-refractivity contribution in [3.63, 3.8) is 0 Å². The van der Waals surface area contributed by atoms with E-state index in [4.69, 9.17) is 9.47 Å². The standard InChI is InChI=1S/C14H32N2O4/c1-3-7-19-11-13(17)9-15-5-6-16-10-14(18)12-20-8-4-2/h13-18H,3-12H2,1-2H3/t13-,14-/m0/s1. The number of aliphatic hydroxyl groups excluding tert-OH is 2. The molecule has 0 aromatic carbocycles. The molecule has 0 saturated carbocycles. The van der Waals surface area contributed by atoms with Crippen molar-refractivity contribution >= 4 is 0 Å². The Kier molecular flexibility index (Phi) is 15.0. The largest absolute Gasteiger partial charge is 0.389 e. The third-order valence-electron chi connectivity index (χ3n) is 2.56. The molecule has 6 nitrogen and oxygen atoms in total. The summed E-state index contributed by atoms with van der Waals surface area (Å²) in [5, 5.41) is 25.4. The minimum absolute atomic E-state index is 0.377. The fourth-order valence-electron chi connectivity index (χ4n) is 1.56. The molecule has 6 heteroatoms. The van der Waals surface area contributed by atoms with Crippen molar-refractivity contribution in [2.24, 2.45) is 0 Å². The van der Waals surface area contributed by atoms with Gasteiger partial charge < -0.3 is 30.3 Å². The topological polar surface area (TPSA) is 83.0 Å². The van der Waals surface area contributed by atoms with Gasteiger partial charge in [0.05, 0.1) is 25.4 Å². The first-order valence-electron chi connectivity index (χ1n) is 7.63. The fraction of sp³-hybridized carbons (Fsp3) is 1.00. The molecule has 0 aromatic heterocycles. The van der Waals surface area contributed by atoms with Crippen molar-refractivity contribution in [1.82, 2.24) is 10.6 Å². The second kappa shape index (κ2) is 15.2. The van der Waals surface area contributed by atoms with Crippen LogP contribution in [0.15, 0.2) is 0 Å². The average Bonchev–Trinajstić information content (AvgIpc) is 2.43. The third-order valence-corrected chi connectivity index (χ3v) is 2.56. The van der Waals surface area contributed by atoms with Gasteiger partial charge in [0, 0.05) is 39.4 Å². The molecule has 0 bridgehead atoms. The van der Waals surface area contributed by atoms with E-state index in [0.29, 0.717) is 39.5 Å². The van der Waals surface area contributed by atoms with E-state index >= 15 is 0 Å². The van der Waals surface area contributed by atoms with Gasteiger partial charge in [0.15, 0.2) is 0 Å². The summed E-state index contributed by atoms with van der Waals surface area (Å²) in [4.78, 5) is 0. The van der Waals surface area contributed by atoms with Crippen LogP contribution < -0.4 is 10.6 Å². The van der Waals surface area contributed by atoms with E-state index in [1.54, 1.807) is 0 Å². The first kappa shape index (κ1) is 19.8. The van der Waals surface area contributed by atoms with Gasteiger partial charge in [0.2, 0.25) is 0 Å². The molecule has 0 unspecified atom stereocenters. The van der Waals surface area contributed by atoms with Crippen LogP contribution in [0.1, 0.15) is 26.7 Å². The van der Waals surface area contributed by atoms with E-state index in [0.717, 1.165) is 25.9 Å². The lowest BCUT2D eigenvalue weighted by atomic mass is 10.3. The zero-order valence-electron chi connectivity index (χ0n) is 12.9. The number of hydrogen-bond donors (Lipinski definition) is 4. The Morgan fingerprint density at radius 1 is 0.800 bits per heavy atom. The maximum Gasteiger partial charge on any atom is 0.0897 e. The van der Waals surface area contributed by atoms with E-state index in [1.165, 1.54) is 0 Å². The zero-order chi connectivity index (χ0) is 15.1. The second-order valence-electron chi connectivity index (χ2n) is 4.87. The summed E-state index contributed by atoms with van der Waals surface area (Å²) in [5.41, 5.74) is 0. The van der Waals surface area contributed by atoms with Crippen LogP contribution >= 0.6 is 0 Å². The van der Waals surface area contributed by atoms with Crippen molar-refractivity contribution < 1.29 is 19.7 Å². The minimum atomic E-state index is -0.463. The van der Waals surface area contributed by atoms with Gasteiger partial charge in [0.1, 0.15) is 0 Å². The molecule has 0 aromatic rings. The summed E-state index contributed by atoms with van der Waals surface area (Å²) >= 11 is 0. The molecule has 0 spiro atoms. The van der Waals surface area contributed by atoms with Crippen LogP contribution in [0, 0.1) is 0 Å². The molecule has 4 N–H and O–H groups in total. The zero-order valence-corrected chi connectivity index (χ0v) is 12.9. The molecule has 2 atom stereocenters. The third kappa shape index (κ3) is 14.2. The van der Waals surface area contributed by atoms with E-state index in [1.807, 2.05) is 13.8 Å². The van der Waals surface area contributed by atoms with Crippen molar-refractivity contribution in [2.75, 3.05) is 52.6 Å². The lowest BCUT2D eigenvalue weighted by Crippen LogP contribution is -2.37. The maximum absolute atomic E-state index is 9.58. The molecule has 0 amide bonds. The Labute approximate surface area is 122 Å². The number of ether oxygens (including phenoxy) is 2. The molecule has 0 rings (SSSR count). The number of nitrogens with one attached hydrogen (secondary N) is 2. The lowest BCUT2D eigenvalue weighted by molar-refractivity contribution is 0.0358. The Morgan fingerprint density at radius 2 is 1.20 bits per heavy atom. The summed E-state index contributed by atoms with van der Waals surface area (Å²) in [6.45, 7) is 8.74. The smallest absolute Gasteiger partial charge is 0.0897 e. The van der Waals surface area contributed by atoms with Crippen LogP contribution in [0.4, 0.5) is 0 Å². The molecular formula is C14H32N2O4. The van der Waals surface area contributed by atoms with Crippen LogP contribution in [-0.4, -0.2) is 75.0 Å². The normalized spacial score (nSPS) is 14.4. The summed E-state index contributed by atoms with van der Waals surface area (Å²) < 4.78 is 10.5. The van der Waals surface area contributed by atoms with Gasteiger partial charge in [-0.05, 0) is 12.8 Å². The molecular weight excluding hydrogens is 260 g/mol. The van der Waals surface area contributed by atoms with Gasteiger partial charge in [-0.25, -0.2) is 0 Å². The minimum Gasteiger partial charge on any atom is -0.389 e. The SMILES string of the molecule is CCCOC[C@@H](O)CNCCNC[C@H](O)COCCC. The molecule has 0 fully saturated rings. The molecule has 0 radical (unpaired) electrons. The summed E-state index contributed by atoms with van der Waals surface area (Å²) in [7, 11) is 0. The Bertz CT molecular complexity index is 176.